The van der Waals surface area contributed by atoms with E-state index in [-0.39, 0.29) is 41.3 Å². The molecule has 11 heteroatoms. The van der Waals surface area contributed by atoms with Crippen LogP contribution >= 0.6 is 11.6 Å². The van der Waals surface area contributed by atoms with Gasteiger partial charge in [0, 0.05) is 38.4 Å². The van der Waals surface area contributed by atoms with Gasteiger partial charge in [0.1, 0.15) is 18.0 Å². The number of aliphatic hydroxyl groups excluding tert-OH is 2. The van der Waals surface area contributed by atoms with Gasteiger partial charge in [0.25, 0.3) is 5.91 Å². The van der Waals surface area contributed by atoms with Crippen LogP contribution in [0.5, 0.6) is 5.75 Å². The summed E-state index contributed by atoms with van der Waals surface area (Å²) in [4.78, 5) is 48.4. The van der Waals surface area contributed by atoms with Gasteiger partial charge in [0.2, 0.25) is 0 Å². The number of halogens is 1. The van der Waals surface area contributed by atoms with Crippen LogP contribution in [0, 0.1) is 35.5 Å². The van der Waals surface area contributed by atoms with Crippen LogP contribution in [0.15, 0.2) is 66.3 Å². The average Bonchev–Trinajstić information content (AvgIpc) is 3.53. The minimum atomic E-state index is -1.56. The van der Waals surface area contributed by atoms with Crippen molar-refractivity contribution in [2.75, 3.05) is 13.7 Å². The van der Waals surface area contributed by atoms with Crippen molar-refractivity contribution in [3.63, 3.8) is 0 Å². The quantitative estimate of drug-likeness (QED) is 0.258. The molecule has 0 radical (unpaired) electrons. The molecule has 4 N–H and O–H groups in total. The molecular weight excluding hydrogens is 674 g/mol. The Morgan fingerprint density at radius 1 is 1.08 bits per heavy atom. The Hall–Kier alpha value is -4.09. The number of aliphatic hydroxyl groups is 3. The lowest BCUT2D eigenvalue weighted by atomic mass is 9.46. The van der Waals surface area contributed by atoms with E-state index in [4.69, 9.17) is 16.3 Å². The lowest BCUT2D eigenvalue weighted by molar-refractivity contribution is -0.178. The number of carboxylic acid groups (broad SMARTS) is 1. The first-order chi connectivity index (χ1) is 24.1. The highest BCUT2D eigenvalue weighted by Gasteiger charge is 2.68. The van der Waals surface area contributed by atoms with Crippen LogP contribution in [0.25, 0.3) is 10.9 Å². The Balaban J connectivity index is 0.000000176. The third-order valence-electron chi connectivity index (χ3n) is 12.4. The first kappa shape index (κ1) is 36.7. The van der Waals surface area contributed by atoms with Crippen LogP contribution < -0.4 is 4.74 Å². The van der Waals surface area contributed by atoms with Gasteiger partial charge in [-0.3, -0.25) is 23.7 Å². The number of benzene rings is 2. The molecule has 3 saturated carbocycles. The number of hydrogen-bond acceptors (Lipinski definition) is 8. The van der Waals surface area contributed by atoms with E-state index >= 15 is 0 Å². The number of Topliss-reactive ketones (excluding diaryl/α,β-unsaturated/α-hetero) is 1. The Labute approximate surface area is 301 Å². The number of carboxylic acids is 1. The van der Waals surface area contributed by atoms with Crippen molar-refractivity contribution in [1.82, 2.24) is 4.57 Å². The SMILES string of the molecule is COc1ccc2c(c1)c(CC(=O)O)c(C)n2C(=O)c1ccc(Cl)cc1.C[C@]12C=CC(=O)C=C1CC[C@@H]1[C@@H]2[C@@H](O)C[C@@]2(C)[C@H]1CC[C@]2(O)C(=O)CO. The van der Waals surface area contributed by atoms with Gasteiger partial charge in [-0.2, -0.15) is 0 Å². The van der Waals surface area contributed by atoms with Crippen LogP contribution in [0.1, 0.15) is 67.6 Å². The second-order valence-electron chi connectivity index (χ2n) is 14.9. The summed E-state index contributed by atoms with van der Waals surface area (Å²) in [5.41, 5.74) is 0.783. The van der Waals surface area contributed by atoms with E-state index in [1.54, 1.807) is 68.7 Å². The summed E-state index contributed by atoms with van der Waals surface area (Å²) in [6.45, 7) is 5.09. The summed E-state index contributed by atoms with van der Waals surface area (Å²) in [7, 11) is 1.54. The monoisotopic (exact) mass is 717 g/mol. The lowest BCUT2D eigenvalue weighted by Gasteiger charge is -2.59. The fourth-order valence-corrected chi connectivity index (χ4v) is 9.99. The van der Waals surface area contributed by atoms with E-state index in [0.717, 1.165) is 24.8 Å². The predicted molar refractivity (Wildman–Crippen MR) is 191 cm³/mol. The summed E-state index contributed by atoms with van der Waals surface area (Å²) in [5.74, 6) is -0.810. The van der Waals surface area contributed by atoms with E-state index in [1.165, 1.54) is 4.57 Å². The Kier molecular flexibility index (Phi) is 9.69. The molecule has 0 spiro atoms. The van der Waals surface area contributed by atoms with Gasteiger partial charge >= 0.3 is 5.97 Å². The molecule has 1 heterocycles. The normalized spacial score (nSPS) is 30.7. The maximum atomic E-state index is 13.0. The third kappa shape index (κ3) is 5.96. The molecule has 4 aliphatic carbocycles. The van der Waals surface area contributed by atoms with Crippen LogP contribution in [0.3, 0.4) is 0 Å². The smallest absolute Gasteiger partial charge is 0.307 e. The van der Waals surface area contributed by atoms with Crippen molar-refractivity contribution < 1.29 is 44.3 Å². The van der Waals surface area contributed by atoms with Crippen LogP contribution in [0.2, 0.25) is 5.02 Å². The topological polar surface area (TPSA) is 163 Å². The zero-order valence-corrected chi connectivity index (χ0v) is 29.9. The van der Waals surface area contributed by atoms with Crippen molar-refractivity contribution in [3.8, 4) is 5.75 Å². The number of carbonyl (C=O) groups is 4. The number of ketones is 2. The fraction of sp³-hybridized carbons (Fsp3) is 0.450. The maximum absolute atomic E-state index is 13.0. The van der Waals surface area contributed by atoms with Gasteiger partial charge < -0.3 is 25.2 Å². The van der Waals surface area contributed by atoms with Crippen molar-refractivity contribution >= 4 is 45.9 Å². The van der Waals surface area contributed by atoms with E-state index in [1.807, 2.05) is 13.0 Å². The molecule has 51 heavy (non-hydrogen) atoms. The number of aliphatic carboxylic acids is 1. The number of methoxy groups -OCH3 is 1. The van der Waals surface area contributed by atoms with Gasteiger partial charge in [-0.1, -0.05) is 37.1 Å². The number of nitrogens with zero attached hydrogens (tertiary/aromatic N) is 1. The molecule has 10 nitrogen and oxygen atoms in total. The Bertz CT molecular complexity index is 1980. The van der Waals surface area contributed by atoms with Crippen LogP contribution in [-0.2, 0) is 20.8 Å². The highest BCUT2D eigenvalue weighted by molar-refractivity contribution is 6.30. The molecule has 0 unspecified atom stereocenters. The summed E-state index contributed by atoms with van der Waals surface area (Å²) in [6.07, 6.45) is 7.51. The van der Waals surface area contributed by atoms with Crippen molar-refractivity contribution in [3.05, 3.63) is 88.1 Å². The molecular formula is C40H44ClNO9. The molecule has 0 saturated heterocycles. The van der Waals surface area contributed by atoms with Crippen molar-refractivity contribution in [2.24, 2.45) is 28.6 Å². The molecule has 0 bridgehead atoms. The van der Waals surface area contributed by atoms with Gasteiger partial charge in [-0.05, 0) is 111 Å². The van der Waals surface area contributed by atoms with E-state index in [9.17, 15) is 39.6 Å². The number of rotatable bonds is 6. The first-order valence-corrected chi connectivity index (χ1v) is 17.7. The zero-order chi connectivity index (χ0) is 37.0. The number of carbonyl (C=O) groups excluding carboxylic acids is 3. The number of ether oxygens (including phenoxy) is 1. The largest absolute Gasteiger partial charge is 0.497 e. The van der Waals surface area contributed by atoms with Crippen molar-refractivity contribution in [2.45, 2.75) is 71.0 Å². The second-order valence-corrected chi connectivity index (χ2v) is 15.3. The predicted octanol–water partition coefficient (Wildman–Crippen LogP) is 5.48. The molecule has 0 amide bonds. The van der Waals surface area contributed by atoms with E-state index in [2.05, 4.69) is 6.92 Å². The highest BCUT2D eigenvalue weighted by Crippen LogP contribution is 2.67. The van der Waals surface area contributed by atoms with E-state index in [0.29, 0.717) is 51.3 Å². The zero-order valence-electron chi connectivity index (χ0n) is 29.2. The molecule has 0 aliphatic heterocycles. The van der Waals surface area contributed by atoms with Gasteiger partial charge in [0.15, 0.2) is 11.6 Å². The molecule has 270 valence electrons. The lowest BCUT2D eigenvalue weighted by Crippen LogP contribution is -2.61. The summed E-state index contributed by atoms with van der Waals surface area (Å²) in [6, 6.07) is 11.9. The fourth-order valence-electron chi connectivity index (χ4n) is 9.87. The molecule has 7 atom stereocenters. The first-order valence-electron chi connectivity index (χ1n) is 17.3. The molecule has 7 rings (SSSR count). The third-order valence-corrected chi connectivity index (χ3v) is 12.7. The molecule has 3 fully saturated rings. The number of hydrogen-bond donors (Lipinski definition) is 4. The molecule has 1 aromatic heterocycles. The van der Waals surface area contributed by atoms with Crippen LogP contribution in [-0.4, -0.2) is 73.9 Å². The van der Waals surface area contributed by atoms with Gasteiger partial charge in [0.05, 0.1) is 25.2 Å². The summed E-state index contributed by atoms with van der Waals surface area (Å²) in [5, 5.41) is 42.1. The average molecular weight is 718 g/mol. The van der Waals surface area contributed by atoms with Crippen molar-refractivity contribution in [1.29, 1.82) is 0 Å². The maximum Gasteiger partial charge on any atom is 0.307 e. The Morgan fingerprint density at radius 3 is 2.43 bits per heavy atom. The van der Waals surface area contributed by atoms with E-state index < -0.39 is 35.5 Å². The molecule has 2 aromatic carbocycles. The summed E-state index contributed by atoms with van der Waals surface area (Å²) < 4.78 is 6.77. The minimum Gasteiger partial charge on any atom is -0.497 e. The van der Waals surface area contributed by atoms with Crippen LogP contribution in [0.4, 0.5) is 0 Å². The number of allylic oxidation sites excluding steroid dienone is 4. The molecule has 4 aliphatic rings. The minimum absolute atomic E-state index is 0.00912. The number of aromatic nitrogens is 1. The standard InChI is InChI=1S/C21H28O5.C19H16ClNO4/c1-19-7-5-13(23)9-12(19)3-4-14-15-6-8-21(26,17(25)11-22)20(15,2)10-16(24)18(14)19;1-11-15(10-18(22)23)16-9-14(25-2)7-8-17(16)21(11)19(24)12-3-5-13(20)6-4-12/h5,7,9,14-16,18,22,24,26H,3-4,6,8,10-11H2,1-2H3;3-9H,10H2,1-2H3,(H,22,23)/t14-,15-,16-,18+,19-,20-,21-;/m0./s1. The second kappa shape index (κ2) is 13.5. The Morgan fingerprint density at radius 2 is 1.78 bits per heavy atom. The summed E-state index contributed by atoms with van der Waals surface area (Å²) >= 11 is 5.89. The molecule has 3 aromatic rings. The number of fused-ring (bicyclic) bond motifs is 6. The van der Waals surface area contributed by atoms with Gasteiger partial charge in [-0.25, -0.2) is 0 Å². The highest BCUT2D eigenvalue weighted by atomic mass is 35.5. The van der Waals surface area contributed by atoms with Gasteiger partial charge in [-0.15, -0.1) is 0 Å².